The van der Waals surface area contributed by atoms with Gasteiger partial charge in [-0.1, -0.05) is 42.5 Å². The van der Waals surface area contributed by atoms with E-state index in [1.165, 1.54) is 16.3 Å². The number of hydrogen-bond donors (Lipinski definition) is 0. The van der Waals surface area contributed by atoms with Gasteiger partial charge in [0, 0.05) is 13.0 Å². The lowest BCUT2D eigenvalue weighted by Crippen LogP contribution is -2.28. The van der Waals surface area contributed by atoms with E-state index in [0.29, 0.717) is 6.42 Å². The third-order valence-electron chi connectivity index (χ3n) is 3.85. The Hall–Kier alpha value is -1.83. The van der Waals surface area contributed by atoms with E-state index in [9.17, 15) is 4.79 Å². The van der Waals surface area contributed by atoms with Crippen LogP contribution in [0.4, 0.5) is 0 Å². The molecule has 0 aromatic heterocycles. The fourth-order valence-corrected chi connectivity index (χ4v) is 2.86. The molecule has 18 heavy (non-hydrogen) atoms. The molecule has 2 nitrogen and oxygen atoms in total. The first-order valence-electron chi connectivity index (χ1n) is 6.54. The number of hydrogen-bond acceptors (Lipinski definition) is 1. The summed E-state index contributed by atoms with van der Waals surface area (Å²) in [6.45, 7) is 3.02. The van der Waals surface area contributed by atoms with Gasteiger partial charge in [-0.05, 0) is 29.7 Å². The third kappa shape index (κ3) is 1.78. The van der Waals surface area contributed by atoms with Crippen LogP contribution in [0, 0.1) is 0 Å². The van der Waals surface area contributed by atoms with Gasteiger partial charge >= 0.3 is 0 Å². The Morgan fingerprint density at radius 3 is 2.67 bits per heavy atom. The normalized spacial score (nSPS) is 17.4. The summed E-state index contributed by atoms with van der Waals surface area (Å²) in [4.78, 5) is 13.9. The monoisotopic (exact) mass is 239 g/mol. The molecule has 1 aliphatic heterocycles. The van der Waals surface area contributed by atoms with E-state index in [1.807, 2.05) is 4.90 Å². The van der Waals surface area contributed by atoms with Crippen LogP contribution in [0.2, 0.25) is 0 Å². The molecule has 1 fully saturated rings. The Labute approximate surface area is 107 Å². The molecule has 92 valence electrons. The van der Waals surface area contributed by atoms with Gasteiger partial charge < -0.3 is 4.90 Å². The maximum absolute atomic E-state index is 11.9. The van der Waals surface area contributed by atoms with Crippen LogP contribution in [0.3, 0.4) is 0 Å². The second kappa shape index (κ2) is 4.45. The summed E-state index contributed by atoms with van der Waals surface area (Å²) in [5, 5.41) is 2.50. The van der Waals surface area contributed by atoms with Crippen molar-refractivity contribution < 1.29 is 4.79 Å². The molecular formula is C16H17NO. The number of carbonyl (C=O) groups excluding carboxylic acids is 1. The van der Waals surface area contributed by atoms with Gasteiger partial charge in [0.15, 0.2) is 0 Å². The van der Waals surface area contributed by atoms with Crippen molar-refractivity contribution in [2.24, 2.45) is 0 Å². The molecule has 0 N–H and O–H groups in total. The number of benzene rings is 2. The van der Waals surface area contributed by atoms with Crippen molar-refractivity contribution in [3.05, 3.63) is 48.0 Å². The Morgan fingerprint density at radius 1 is 1.11 bits per heavy atom. The molecule has 1 aliphatic rings. The van der Waals surface area contributed by atoms with Gasteiger partial charge in [-0.3, -0.25) is 4.79 Å². The Balaban J connectivity index is 2.06. The summed E-state index contributed by atoms with van der Waals surface area (Å²) in [6.07, 6.45) is 1.70. The zero-order chi connectivity index (χ0) is 12.5. The van der Waals surface area contributed by atoms with Crippen LogP contribution >= 0.6 is 0 Å². The van der Waals surface area contributed by atoms with Crippen LogP contribution in [0.25, 0.3) is 10.8 Å². The first kappa shape index (κ1) is 11.3. The molecule has 1 saturated heterocycles. The maximum Gasteiger partial charge on any atom is 0.223 e. The molecule has 0 saturated carbocycles. The summed E-state index contributed by atoms with van der Waals surface area (Å²) in [5.41, 5.74) is 1.25. The van der Waals surface area contributed by atoms with Crippen LogP contribution in [-0.2, 0) is 4.79 Å². The van der Waals surface area contributed by atoms with Gasteiger partial charge in [0.25, 0.3) is 0 Å². The number of carbonyl (C=O) groups is 1. The average Bonchev–Trinajstić information content (AvgIpc) is 2.83. The van der Waals surface area contributed by atoms with Crippen LogP contribution in [-0.4, -0.2) is 17.4 Å². The first-order chi connectivity index (χ1) is 8.77. The molecule has 0 spiro atoms. The van der Waals surface area contributed by atoms with Crippen LogP contribution in [0.15, 0.2) is 42.5 Å². The zero-order valence-electron chi connectivity index (χ0n) is 10.6. The maximum atomic E-state index is 11.9. The zero-order valence-corrected chi connectivity index (χ0v) is 10.6. The number of amides is 1. The van der Waals surface area contributed by atoms with Gasteiger partial charge in [-0.2, -0.15) is 0 Å². The fourth-order valence-electron chi connectivity index (χ4n) is 2.86. The van der Waals surface area contributed by atoms with E-state index in [2.05, 4.69) is 49.4 Å². The molecule has 1 atom stereocenters. The summed E-state index contributed by atoms with van der Waals surface area (Å²) < 4.78 is 0. The number of fused-ring (bicyclic) bond motifs is 1. The van der Waals surface area contributed by atoms with Crippen LogP contribution in [0.5, 0.6) is 0 Å². The molecule has 2 aromatic carbocycles. The lowest BCUT2D eigenvalue weighted by Gasteiger charge is -2.25. The minimum absolute atomic E-state index is 0.172. The van der Waals surface area contributed by atoms with Crippen molar-refractivity contribution in [2.75, 3.05) is 6.54 Å². The van der Waals surface area contributed by atoms with Gasteiger partial charge in [0.2, 0.25) is 5.91 Å². The second-order valence-electron chi connectivity index (χ2n) is 4.94. The molecule has 1 unspecified atom stereocenters. The minimum atomic E-state index is 0.172. The van der Waals surface area contributed by atoms with E-state index in [4.69, 9.17) is 0 Å². The molecule has 2 heteroatoms. The molecule has 2 aromatic rings. The van der Waals surface area contributed by atoms with Crippen molar-refractivity contribution in [3.63, 3.8) is 0 Å². The van der Waals surface area contributed by atoms with E-state index in [-0.39, 0.29) is 11.9 Å². The van der Waals surface area contributed by atoms with Crippen molar-refractivity contribution in [1.29, 1.82) is 0 Å². The molecular weight excluding hydrogens is 222 g/mol. The lowest BCUT2D eigenvalue weighted by molar-refractivity contribution is -0.129. The highest BCUT2D eigenvalue weighted by Crippen LogP contribution is 2.30. The van der Waals surface area contributed by atoms with Gasteiger partial charge in [0.1, 0.15) is 0 Å². The second-order valence-corrected chi connectivity index (χ2v) is 4.94. The van der Waals surface area contributed by atoms with Gasteiger partial charge in [-0.15, -0.1) is 0 Å². The molecule has 3 rings (SSSR count). The molecule has 0 radical (unpaired) electrons. The summed E-state index contributed by atoms with van der Waals surface area (Å²) in [7, 11) is 0. The molecule has 1 heterocycles. The van der Waals surface area contributed by atoms with Crippen LogP contribution < -0.4 is 0 Å². The predicted octanol–water partition coefficient (Wildman–Crippen LogP) is 3.52. The van der Waals surface area contributed by atoms with Gasteiger partial charge in [0.05, 0.1) is 6.04 Å². The largest absolute Gasteiger partial charge is 0.336 e. The summed E-state index contributed by atoms with van der Waals surface area (Å²) in [6, 6.07) is 14.9. The third-order valence-corrected chi connectivity index (χ3v) is 3.85. The van der Waals surface area contributed by atoms with Gasteiger partial charge in [-0.25, -0.2) is 0 Å². The van der Waals surface area contributed by atoms with E-state index in [1.54, 1.807) is 0 Å². The molecule has 0 aliphatic carbocycles. The lowest BCUT2D eigenvalue weighted by atomic mass is 9.99. The van der Waals surface area contributed by atoms with Crippen molar-refractivity contribution in [1.82, 2.24) is 4.90 Å². The number of likely N-dealkylation sites (tertiary alicyclic amines) is 1. The molecule has 0 bridgehead atoms. The Morgan fingerprint density at radius 2 is 1.89 bits per heavy atom. The summed E-state index contributed by atoms with van der Waals surface area (Å²) >= 11 is 0. The van der Waals surface area contributed by atoms with E-state index < -0.39 is 0 Å². The van der Waals surface area contributed by atoms with E-state index >= 15 is 0 Å². The molecule has 1 amide bonds. The van der Waals surface area contributed by atoms with E-state index in [0.717, 1.165) is 13.0 Å². The number of rotatable bonds is 2. The standard InChI is InChI=1S/C16H17NO/c1-12(17-11-5-10-16(17)18)14-9-4-7-13-6-2-3-8-15(13)14/h2-4,6-9,12H,5,10-11H2,1H3. The minimum Gasteiger partial charge on any atom is -0.336 e. The highest BCUT2D eigenvalue weighted by atomic mass is 16.2. The summed E-state index contributed by atoms with van der Waals surface area (Å²) in [5.74, 6) is 0.287. The fraction of sp³-hybridized carbons (Fsp3) is 0.312. The van der Waals surface area contributed by atoms with Crippen molar-refractivity contribution >= 4 is 16.7 Å². The average molecular weight is 239 g/mol. The van der Waals surface area contributed by atoms with Crippen molar-refractivity contribution in [2.45, 2.75) is 25.8 Å². The first-order valence-corrected chi connectivity index (χ1v) is 6.54. The quantitative estimate of drug-likeness (QED) is 0.785. The predicted molar refractivity (Wildman–Crippen MR) is 73.3 cm³/mol. The van der Waals surface area contributed by atoms with Crippen molar-refractivity contribution in [3.8, 4) is 0 Å². The number of nitrogens with zero attached hydrogens (tertiary/aromatic N) is 1. The topological polar surface area (TPSA) is 20.3 Å². The highest BCUT2D eigenvalue weighted by Gasteiger charge is 2.26. The Kier molecular flexibility index (Phi) is 2.78. The SMILES string of the molecule is CC(c1cccc2ccccc12)N1CCCC1=O. The van der Waals surface area contributed by atoms with Crippen LogP contribution in [0.1, 0.15) is 31.4 Å². The smallest absolute Gasteiger partial charge is 0.223 e. The highest BCUT2D eigenvalue weighted by molar-refractivity contribution is 5.87. The Bertz CT molecular complexity index is 585.